The smallest absolute Gasteiger partial charge is 0.200 e. The van der Waals surface area contributed by atoms with Gasteiger partial charge < -0.3 is 14.8 Å². The number of aromatic hydroxyl groups is 2. The first kappa shape index (κ1) is 15.4. The maximum atomic E-state index is 10.6. The second-order valence-corrected chi connectivity index (χ2v) is 7.17. The molecule has 0 aliphatic carbocycles. The maximum absolute atomic E-state index is 10.6. The molecule has 5 rings (SSSR count). The summed E-state index contributed by atoms with van der Waals surface area (Å²) in [5, 5.41) is 22.7. The number of halogens is 1. The fraction of sp³-hybridized carbons (Fsp3) is 0.143. The Hall–Kier alpha value is -2.85. The first-order valence-electron chi connectivity index (χ1n) is 8.64. The van der Waals surface area contributed by atoms with Crippen LogP contribution in [0.2, 0.25) is 5.02 Å². The molecule has 0 unspecified atom stereocenters. The van der Waals surface area contributed by atoms with Crippen molar-refractivity contribution in [3.63, 3.8) is 0 Å². The van der Waals surface area contributed by atoms with E-state index in [0.717, 1.165) is 35.9 Å². The molecule has 0 saturated heterocycles. The van der Waals surface area contributed by atoms with Crippen LogP contribution < -0.4 is 0 Å². The van der Waals surface area contributed by atoms with Crippen molar-refractivity contribution in [1.82, 2.24) is 9.55 Å². The second kappa shape index (κ2) is 5.58. The summed E-state index contributed by atoms with van der Waals surface area (Å²) in [6.07, 6.45) is 4.25. The topological polar surface area (TPSA) is 61.2 Å². The third-order valence-corrected chi connectivity index (χ3v) is 5.44. The van der Waals surface area contributed by atoms with Crippen molar-refractivity contribution < 1.29 is 10.2 Å². The van der Waals surface area contributed by atoms with Crippen molar-refractivity contribution in [3.05, 3.63) is 59.2 Å². The summed E-state index contributed by atoms with van der Waals surface area (Å²) in [5.41, 5.74) is 5.46. The van der Waals surface area contributed by atoms with Gasteiger partial charge in [0, 0.05) is 28.7 Å². The van der Waals surface area contributed by atoms with Crippen LogP contribution in [0.5, 0.6) is 11.8 Å². The van der Waals surface area contributed by atoms with Crippen LogP contribution in [-0.4, -0.2) is 19.8 Å². The lowest BCUT2D eigenvalue weighted by molar-refractivity contribution is 0.426. The zero-order chi connectivity index (χ0) is 17.8. The number of nitrogens with zero attached hydrogens (tertiary/aromatic N) is 1. The average Bonchev–Trinajstić information content (AvgIpc) is 3.14. The summed E-state index contributed by atoms with van der Waals surface area (Å²) >= 11 is 6.00. The van der Waals surface area contributed by atoms with Crippen molar-refractivity contribution in [2.75, 3.05) is 0 Å². The normalized spacial score (nSPS) is 13.4. The number of aromatic nitrogens is 2. The molecule has 1 aliphatic rings. The molecule has 0 saturated carbocycles. The molecule has 3 heterocycles. The SMILES string of the molecule is Oc1[nH]c(O)c(-c2cn3c4c(cccc24)CCC3)c1-c1ccc(Cl)cc1. The van der Waals surface area contributed by atoms with E-state index in [9.17, 15) is 10.2 Å². The molecule has 130 valence electrons. The summed E-state index contributed by atoms with van der Waals surface area (Å²) < 4.78 is 2.25. The van der Waals surface area contributed by atoms with Gasteiger partial charge in [-0.25, -0.2) is 0 Å². The van der Waals surface area contributed by atoms with Crippen molar-refractivity contribution in [3.8, 4) is 34.0 Å². The van der Waals surface area contributed by atoms with E-state index >= 15 is 0 Å². The number of benzene rings is 2. The van der Waals surface area contributed by atoms with Crippen LogP contribution in [0.15, 0.2) is 48.7 Å². The molecule has 0 amide bonds. The Balaban J connectivity index is 1.82. The number of nitrogens with one attached hydrogen (secondary N) is 1. The molecule has 26 heavy (non-hydrogen) atoms. The lowest BCUT2D eigenvalue weighted by Crippen LogP contribution is -2.05. The molecule has 3 N–H and O–H groups in total. The highest BCUT2D eigenvalue weighted by atomic mass is 35.5. The standard InChI is InChI=1S/C21H17ClN2O2/c22-14-8-6-12(7-9-14)17-18(21(26)23-20(17)25)16-11-24-10-2-4-13-3-1-5-15(16)19(13)24/h1,3,5-9,11,23,25-26H,2,4,10H2. The molecule has 2 aromatic carbocycles. The predicted octanol–water partition coefficient (Wildman–Crippen LogP) is 5.31. The molecule has 0 atom stereocenters. The summed E-state index contributed by atoms with van der Waals surface area (Å²) in [6, 6.07) is 13.5. The third kappa shape index (κ3) is 2.15. The molecule has 0 radical (unpaired) electrons. The van der Waals surface area contributed by atoms with Crippen LogP contribution in [0.3, 0.4) is 0 Å². The van der Waals surface area contributed by atoms with Gasteiger partial charge in [-0.3, -0.25) is 4.98 Å². The highest BCUT2D eigenvalue weighted by molar-refractivity contribution is 6.30. The van der Waals surface area contributed by atoms with E-state index in [4.69, 9.17) is 11.6 Å². The van der Waals surface area contributed by atoms with E-state index in [1.807, 2.05) is 12.1 Å². The number of aromatic amines is 1. The summed E-state index contributed by atoms with van der Waals surface area (Å²) in [7, 11) is 0. The van der Waals surface area contributed by atoms with Gasteiger partial charge in [-0.2, -0.15) is 0 Å². The monoisotopic (exact) mass is 364 g/mol. The van der Waals surface area contributed by atoms with Crippen molar-refractivity contribution >= 4 is 22.5 Å². The van der Waals surface area contributed by atoms with Crippen LogP contribution >= 0.6 is 11.6 Å². The van der Waals surface area contributed by atoms with E-state index in [2.05, 4.69) is 33.9 Å². The Morgan fingerprint density at radius 3 is 2.54 bits per heavy atom. The first-order chi connectivity index (χ1) is 12.6. The van der Waals surface area contributed by atoms with Crippen molar-refractivity contribution in [2.24, 2.45) is 0 Å². The van der Waals surface area contributed by atoms with Crippen molar-refractivity contribution in [1.29, 1.82) is 0 Å². The van der Waals surface area contributed by atoms with Gasteiger partial charge in [-0.05, 0) is 36.1 Å². The van der Waals surface area contributed by atoms with Gasteiger partial charge in [-0.15, -0.1) is 0 Å². The van der Waals surface area contributed by atoms with Gasteiger partial charge in [0.2, 0.25) is 0 Å². The number of aryl methyl sites for hydroxylation is 2. The minimum atomic E-state index is -0.0493. The fourth-order valence-electron chi connectivity index (χ4n) is 4.09. The number of hydrogen-bond acceptors (Lipinski definition) is 2. The molecule has 0 fully saturated rings. The largest absolute Gasteiger partial charge is 0.494 e. The highest BCUT2D eigenvalue weighted by Gasteiger charge is 2.25. The Morgan fingerprint density at radius 1 is 0.962 bits per heavy atom. The Labute approximate surface area is 155 Å². The zero-order valence-corrected chi connectivity index (χ0v) is 14.7. The molecular formula is C21H17ClN2O2. The van der Waals surface area contributed by atoms with Gasteiger partial charge in [0.25, 0.3) is 0 Å². The highest BCUT2D eigenvalue weighted by Crippen LogP contribution is 2.48. The Morgan fingerprint density at radius 2 is 1.73 bits per heavy atom. The molecule has 4 aromatic rings. The molecule has 5 heteroatoms. The molecule has 2 aromatic heterocycles. The van der Waals surface area contributed by atoms with Crippen LogP contribution in [0.1, 0.15) is 12.0 Å². The lowest BCUT2D eigenvalue weighted by Gasteiger charge is -2.14. The van der Waals surface area contributed by atoms with Gasteiger partial charge in [0.15, 0.2) is 11.8 Å². The molecule has 1 aliphatic heterocycles. The predicted molar refractivity (Wildman–Crippen MR) is 104 cm³/mol. The second-order valence-electron chi connectivity index (χ2n) is 6.73. The molecule has 4 nitrogen and oxygen atoms in total. The molecular weight excluding hydrogens is 348 g/mol. The molecule has 0 bridgehead atoms. The number of hydrogen-bond donors (Lipinski definition) is 3. The third-order valence-electron chi connectivity index (χ3n) is 5.19. The van der Waals surface area contributed by atoms with Gasteiger partial charge in [0.1, 0.15) is 0 Å². The van der Waals surface area contributed by atoms with E-state index < -0.39 is 0 Å². The fourth-order valence-corrected chi connectivity index (χ4v) is 4.21. The van der Waals surface area contributed by atoms with Gasteiger partial charge in [0.05, 0.1) is 16.6 Å². The summed E-state index contributed by atoms with van der Waals surface area (Å²) in [6.45, 7) is 0.959. The minimum Gasteiger partial charge on any atom is -0.494 e. The Bertz CT molecular complexity index is 1140. The average molecular weight is 365 g/mol. The zero-order valence-electron chi connectivity index (χ0n) is 14.0. The van der Waals surface area contributed by atoms with E-state index in [0.29, 0.717) is 16.1 Å². The maximum Gasteiger partial charge on any atom is 0.200 e. The van der Waals surface area contributed by atoms with Crippen LogP contribution in [0, 0.1) is 0 Å². The number of rotatable bonds is 2. The lowest BCUT2D eigenvalue weighted by atomic mass is 9.96. The number of H-pyrrole nitrogens is 1. The number of para-hydroxylation sites is 1. The quantitative estimate of drug-likeness (QED) is 0.451. The van der Waals surface area contributed by atoms with E-state index in [1.54, 1.807) is 12.1 Å². The van der Waals surface area contributed by atoms with Crippen LogP contribution in [0.4, 0.5) is 0 Å². The summed E-state index contributed by atoms with van der Waals surface area (Å²) in [5.74, 6) is -0.0806. The Kier molecular flexibility index (Phi) is 3.31. The summed E-state index contributed by atoms with van der Waals surface area (Å²) in [4.78, 5) is 2.68. The molecule has 0 spiro atoms. The van der Waals surface area contributed by atoms with Gasteiger partial charge in [-0.1, -0.05) is 41.9 Å². The first-order valence-corrected chi connectivity index (χ1v) is 9.02. The van der Waals surface area contributed by atoms with Gasteiger partial charge >= 0.3 is 0 Å². The minimum absolute atomic E-state index is 0.0313. The van der Waals surface area contributed by atoms with E-state index in [1.165, 1.54) is 11.1 Å². The van der Waals surface area contributed by atoms with Crippen LogP contribution in [0.25, 0.3) is 33.2 Å². The van der Waals surface area contributed by atoms with E-state index in [-0.39, 0.29) is 11.8 Å². The van der Waals surface area contributed by atoms with Crippen molar-refractivity contribution in [2.45, 2.75) is 19.4 Å². The van der Waals surface area contributed by atoms with Crippen LogP contribution in [-0.2, 0) is 13.0 Å².